The number of hydrogen-bond donors (Lipinski definition) is 1. The molecule has 1 aliphatic heterocycles. The molecule has 1 aliphatic rings. The molecule has 0 atom stereocenters. The molecule has 0 unspecified atom stereocenters. The highest BCUT2D eigenvalue weighted by Gasteiger charge is 2.16. The lowest BCUT2D eigenvalue weighted by Crippen LogP contribution is -2.32. The van der Waals surface area contributed by atoms with Gasteiger partial charge in [-0.15, -0.1) is 0 Å². The van der Waals surface area contributed by atoms with Crippen LogP contribution in [0.25, 0.3) is 10.2 Å². The molecule has 2 aromatic carbocycles. The second-order valence-corrected chi connectivity index (χ2v) is 9.73. The number of thiazole rings is 1. The first-order chi connectivity index (χ1) is 15.0. The van der Waals surface area contributed by atoms with Gasteiger partial charge < -0.3 is 5.32 Å². The summed E-state index contributed by atoms with van der Waals surface area (Å²) in [6, 6.07) is 13.0. The minimum atomic E-state index is -0.205. The molecule has 5 nitrogen and oxygen atoms in total. The van der Waals surface area contributed by atoms with E-state index >= 15 is 0 Å². The van der Waals surface area contributed by atoms with Crippen molar-refractivity contribution in [2.75, 3.05) is 18.4 Å². The molecule has 1 amide bonds. The van der Waals surface area contributed by atoms with Crippen LogP contribution >= 0.6 is 22.9 Å². The van der Waals surface area contributed by atoms with Gasteiger partial charge in [0.2, 0.25) is 5.91 Å². The molecular weight excluding hydrogens is 430 g/mol. The fraction of sp³-hybridized carbons (Fsp3) is 0.375. The number of carbonyl (C=O) groups excluding carboxylic acids is 2. The Hall–Kier alpha value is -2.28. The van der Waals surface area contributed by atoms with Gasteiger partial charge in [-0.2, -0.15) is 0 Å². The molecule has 162 valence electrons. The maximum atomic E-state index is 12.3. The summed E-state index contributed by atoms with van der Waals surface area (Å²) in [7, 11) is 0. The van der Waals surface area contributed by atoms with Crippen molar-refractivity contribution >= 4 is 50.0 Å². The first-order valence-corrected chi connectivity index (χ1v) is 11.9. The molecule has 2 heterocycles. The predicted octanol–water partition coefficient (Wildman–Crippen LogP) is 5.78. The number of carbonyl (C=O) groups is 2. The Kier molecular flexibility index (Phi) is 7.00. The molecule has 1 N–H and O–H groups in total. The summed E-state index contributed by atoms with van der Waals surface area (Å²) in [4.78, 5) is 31.6. The van der Waals surface area contributed by atoms with Crippen molar-refractivity contribution in [2.24, 2.45) is 5.92 Å². The van der Waals surface area contributed by atoms with Crippen LogP contribution in [0.5, 0.6) is 0 Å². The number of amides is 1. The molecule has 4 rings (SSSR count). The molecule has 0 spiro atoms. The maximum absolute atomic E-state index is 12.3. The number of benzene rings is 2. The third kappa shape index (κ3) is 5.91. The fourth-order valence-corrected chi connectivity index (χ4v) is 4.86. The minimum absolute atomic E-state index is 0.0761. The number of nitrogens with zero attached hydrogens (tertiary/aromatic N) is 2. The second kappa shape index (κ2) is 9.90. The Labute approximate surface area is 191 Å². The maximum Gasteiger partial charge on any atom is 0.226 e. The SMILES string of the molecule is CC1CCN(Cc2ccc3nc(NC(=O)CCC(=O)c4ccc(Cl)cc4)sc3c2)CC1. The summed E-state index contributed by atoms with van der Waals surface area (Å²) < 4.78 is 1.07. The number of fused-ring (bicyclic) bond motifs is 1. The zero-order valence-electron chi connectivity index (χ0n) is 17.6. The molecule has 31 heavy (non-hydrogen) atoms. The summed E-state index contributed by atoms with van der Waals surface area (Å²) in [6.07, 6.45) is 2.80. The molecular formula is C24H26ClN3O2S. The Morgan fingerprint density at radius 1 is 1.13 bits per heavy atom. The zero-order valence-corrected chi connectivity index (χ0v) is 19.1. The summed E-state index contributed by atoms with van der Waals surface area (Å²) >= 11 is 7.32. The van der Waals surface area contributed by atoms with Crippen LogP contribution < -0.4 is 5.32 Å². The molecule has 0 aliphatic carbocycles. The van der Waals surface area contributed by atoms with Crippen LogP contribution in [0, 0.1) is 5.92 Å². The summed E-state index contributed by atoms with van der Waals surface area (Å²) in [6.45, 7) is 5.58. The van der Waals surface area contributed by atoms with Crippen molar-refractivity contribution < 1.29 is 9.59 Å². The average molecular weight is 456 g/mol. The van der Waals surface area contributed by atoms with E-state index in [-0.39, 0.29) is 24.5 Å². The van der Waals surface area contributed by atoms with Crippen molar-refractivity contribution in [3.05, 3.63) is 58.6 Å². The molecule has 0 saturated carbocycles. The number of Topliss-reactive ketones (excluding diaryl/α,β-unsaturated/α-hetero) is 1. The average Bonchev–Trinajstić information content (AvgIpc) is 3.15. The highest BCUT2D eigenvalue weighted by molar-refractivity contribution is 7.22. The van der Waals surface area contributed by atoms with Crippen LogP contribution in [0.1, 0.15) is 48.5 Å². The van der Waals surface area contributed by atoms with Crippen LogP contribution in [-0.2, 0) is 11.3 Å². The third-order valence-electron chi connectivity index (χ3n) is 5.73. The van der Waals surface area contributed by atoms with Gasteiger partial charge in [-0.1, -0.05) is 35.9 Å². The van der Waals surface area contributed by atoms with E-state index in [0.717, 1.165) is 35.8 Å². The van der Waals surface area contributed by atoms with Crippen LogP contribution in [0.15, 0.2) is 42.5 Å². The van der Waals surface area contributed by atoms with E-state index in [9.17, 15) is 9.59 Å². The zero-order chi connectivity index (χ0) is 21.8. The standard InChI is InChI=1S/C24H26ClN3O2S/c1-16-10-12-28(13-11-16)15-17-2-7-20-22(14-17)31-24(26-20)27-23(30)9-8-21(29)18-3-5-19(25)6-4-18/h2-7,14,16H,8-13,15H2,1H3,(H,26,27,30). The van der Waals surface area contributed by atoms with Crippen LogP contribution in [0.4, 0.5) is 5.13 Å². The number of anilines is 1. The summed E-state index contributed by atoms with van der Waals surface area (Å²) in [5.41, 5.74) is 2.72. The molecule has 1 aromatic heterocycles. The normalized spacial score (nSPS) is 15.3. The van der Waals surface area contributed by atoms with Crippen molar-refractivity contribution in [1.29, 1.82) is 0 Å². The number of likely N-dealkylation sites (tertiary alicyclic amines) is 1. The highest BCUT2D eigenvalue weighted by atomic mass is 35.5. The Bertz CT molecular complexity index is 1070. The van der Waals surface area contributed by atoms with E-state index in [4.69, 9.17) is 11.6 Å². The van der Waals surface area contributed by atoms with Crippen molar-refractivity contribution in [3.63, 3.8) is 0 Å². The predicted molar refractivity (Wildman–Crippen MR) is 127 cm³/mol. The Morgan fingerprint density at radius 2 is 1.87 bits per heavy atom. The van der Waals surface area contributed by atoms with Gasteiger partial charge in [0.1, 0.15) is 0 Å². The number of halogens is 1. The van der Waals surface area contributed by atoms with E-state index in [2.05, 4.69) is 34.3 Å². The summed E-state index contributed by atoms with van der Waals surface area (Å²) in [5, 5.41) is 3.99. The lowest BCUT2D eigenvalue weighted by Gasteiger charge is -2.30. The smallest absolute Gasteiger partial charge is 0.226 e. The van der Waals surface area contributed by atoms with E-state index in [1.54, 1.807) is 24.3 Å². The minimum Gasteiger partial charge on any atom is -0.302 e. The number of nitrogens with one attached hydrogen (secondary N) is 1. The lowest BCUT2D eigenvalue weighted by atomic mass is 9.99. The Balaban J connectivity index is 1.32. The first-order valence-electron chi connectivity index (χ1n) is 10.7. The molecule has 7 heteroatoms. The van der Waals surface area contributed by atoms with E-state index in [1.165, 1.54) is 29.7 Å². The number of ketones is 1. The van der Waals surface area contributed by atoms with Crippen molar-refractivity contribution in [3.8, 4) is 0 Å². The highest BCUT2D eigenvalue weighted by Crippen LogP contribution is 2.28. The van der Waals surface area contributed by atoms with Crippen molar-refractivity contribution in [2.45, 2.75) is 39.2 Å². The second-order valence-electron chi connectivity index (χ2n) is 8.26. The molecule has 1 saturated heterocycles. The topological polar surface area (TPSA) is 62.3 Å². The number of rotatable bonds is 7. The molecule has 1 fully saturated rings. The monoisotopic (exact) mass is 455 g/mol. The van der Waals surface area contributed by atoms with Gasteiger partial charge in [0.25, 0.3) is 0 Å². The van der Waals surface area contributed by atoms with E-state index < -0.39 is 0 Å². The summed E-state index contributed by atoms with van der Waals surface area (Å²) in [5.74, 6) is 0.546. The van der Waals surface area contributed by atoms with Crippen LogP contribution in [0.3, 0.4) is 0 Å². The number of hydrogen-bond acceptors (Lipinski definition) is 5. The number of aromatic nitrogens is 1. The van der Waals surface area contributed by atoms with Crippen LogP contribution in [-0.4, -0.2) is 34.7 Å². The quantitative estimate of drug-likeness (QED) is 0.458. The van der Waals surface area contributed by atoms with E-state index in [0.29, 0.717) is 15.7 Å². The van der Waals surface area contributed by atoms with Gasteiger partial charge in [-0.05, 0) is 73.8 Å². The largest absolute Gasteiger partial charge is 0.302 e. The van der Waals surface area contributed by atoms with Gasteiger partial charge in [0.05, 0.1) is 10.2 Å². The van der Waals surface area contributed by atoms with Gasteiger partial charge in [0.15, 0.2) is 10.9 Å². The van der Waals surface area contributed by atoms with Gasteiger partial charge in [-0.3, -0.25) is 14.5 Å². The fourth-order valence-electron chi connectivity index (χ4n) is 3.79. The molecule has 0 bridgehead atoms. The number of piperidine rings is 1. The van der Waals surface area contributed by atoms with Gasteiger partial charge >= 0.3 is 0 Å². The third-order valence-corrected chi connectivity index (χ3v) is 6.91. The van der Waals surface area contributed by atoms with Crippen molar-refractivity contribution in [1.82, 2.24) is 9.88 Å². The van der Waals surface area contributed by atoms with Gasteiger partial charge in [-0.25, -0.2) is 4.98 Å². The van der Waals surface area contributed by atoms with Gasteiger partial charge in [0, 0.05) is 30.0 Å². The Morgan fingerprint density at radius 3 is 2.61 bits per heavy atom. The first kappa shape index (κ1) is 21.9. The van der Waals surface area contributed by atoms with Crippen LogP contribution in [0.2, 0.25) is 5.02 Å². The van der Waals surface area contributed by atoms with E-state index in [1.807, 2.05) is 6.07 Å². The molecule has 3 aromatic rings. The lowest BCUT2D eigenvalue weighted by molar-refractivity contribution is -0.116. The molecule has 0 radical (unpaired) electrons.